The lowest BCUT2D eigenvalue weighted by atomic mass is 9.96. The van der Waals surface area contributed by atoms with Crippen molar-refractivity contribution in [2.75, 3.05) is 5.75 Å². The van der Waals surface area contributed by atoms with Crippen molar-refractivity contribution in [2.45, 2.75) is 46.3 Å². The van der Waals surface area contributed by atoms with Crippen molar-refractivity contribution in [3.8, 4) is 0 Å². The molecule has 0 fully saturated rings. The number of rotatable bonds is 5. The second kappa shape index (κ2) is 4.99. The zero-order valence-corrected chi connectivity index (χ0v) is 10.2. The number of hydrogen-bond acceptors (Lipinski definition) is 2. The van der Waals surface area contributed by atoms with Crippen LogP contribution in [0.25, 0.3) is 0 Å². The van der Waals surface area contributed by atoms with Gasteiger partial charge in [-0.15, -0.1) is 0 Å². The van der Waals surface area contributed by atoms with Gasteiger partial charge >= 0.3 is 0 Å². The normalized spacial score (nSPS) is 17.4. The SMILES string of the molecule is CCC(C)[C@H](C)CS(=O)(=O)C(C)C. The van der Waals surface area contributed by atoms with E-state index < -0.39 is 9.84 Å². The van der Waals surface area contributed by atoms with Crippen molar-refractivity contribution in [1.29, 1.82) is 0 Å². The lowest BCUT2D eigenvalue weighted by Crippen LogP contribution is -2.25. The fourth-order valence-electron chi connectivity index (χ4n) is 1.13. The van der Waals surface area contributed by atoms with Crippen molar-refractivity contribution in [3.05, 3.63) is 0 Å². The van der Waals surface area contributed by atoms with Gasteiger partial charge in [-0.25, -0.2) is 8.42 Å². The van der Waals surface area contributed by atoms with Crippen molar-refractivity contribution in [3.63, 3.8) is 0 Å². The van der Waals surface area contributed by atoms with Crippen molar-refractivity contribution >= 4 is 9.84 Å². The second-order valence-corrected chi connectivity index (χ2v) is 6.84. The minimum absolute atomic E-state index is 0.237. The highest BCUT2D eigenvalue weighted by atomic mass is 32.2. The molecule has 0 saturated heterocycles. The zero-order chi connectivity index (χ0) is 10.6. The zero-order valence-electron chi connectivity index (χ0n) is 9.37. The summed E-state index contributed by atoms with van der Waals surface area (Å²) >= 11 is 0. The second-order valence-electron chi connectivity index (χ2n) is 4.24. The van der Waals surface area contributed by atoms with Crippen LogP contribution in [0, 0.1) is 11.8 Å². The van der Waals surface area contributed by atoms with Gasteiger partial charge in [0.15, 0.2) is 9.84 Å². The van der Waals surface area contributed by atoms with Crippen LogP contribution < -0.4 is 0 Å². The van der Waals surface area contributed by atoms with E-state index in [1.54, 1.807) is 13.8 Å². The fourth-order valence-corrected chi connectivity index (χ4v) is 2.57. The predicted octanol–water partition coefficient (Wildman–Crippen LogP) is 2.49. The third-order valence-corrected chi connectivity index (χ3v) is 5.26. The third kappa shape index (κ3) is 4.12. The Morgan fingerprint density at radius 2 is 1.46 bits per heavy atom. The summed E-state index contributed by atoms with van der Waals surface area (Å²) in [6, 6.07) is 0. The van der Waals surface area contributed by atoms with Crippen LogP contribution >= 0.6 is 0 Å². The first-order chi connectivity index (χ1) is 5.81. The molecule has 0 aliphatic rings. The smallest absolute Gasteiger partial charge is 0.152 e. The Balaban J connectivity index is 4.29. The Bertz CT molecular complexity index is 229. The van der Waals surface area contributed by atoms with Crippen molar-refractivity contribution in [1.82, 2.24) is 0 Å². The van der Waals surface area contributed by atoms with Crippen molar-refractivity contribution in [2.24, 2.45) is 11.8 Å². The highest BCUT2D eigenvalue weighted by molar-refractivity contribution is 7.91. The predicted molar refractivity (Wildman–Crippen MR) is 57.5 cm³/mol. The van der Waals surface area contributed by atoms with Crippen LogP contribution in [0.4, 0.5) is 0 Å². The van der Waals surface area contributed by atoms with Gasteiger partial charge in [-0.05, 0) is 25.7 Å². The first kappa shape index (κ1) is 12.9. The third-order valence-electron chi connectivity index (χ3n) is 2.83. The van der Waals surface area contributed by atoms with Gasteiger partial charge in [0.2, 0.25) is 0 Å². The molecule has 0 radical (unpaired) electrons. The molecule has 2 atom stereocenters. The summed E-state index contributed by atoms with van der Waals surface area (Å²) in [5.41, 5.74) is 0. The van der Waals surface area contributed by atoms with Crippen LogP contribution in [0.1, 0.15) is 41.0 Å². The quantitative estimate of drug-likeness (QED) is 0.692. The molecule has 0 N–H and O–H groups in total. The van der Waals surface area contributed by atoms with Crippen LogP contribution in [-0.2, 0) is 9.84 Å². The molecule has 0 aromatic heterocycles. The Labute approximate surface area is 82.6 Å². The minimum atomic E-state index is -2.85. The van der Waals surface area contributed by atoms with Crippen LogP contribution in [0.2, 0.25) is 0 Å². The molecular weight excluding hydrogens is 184 g/mol. The average molecular weight is 206 g/mol. The van der Waals surface area contributed by atoms with Gasteiger partial charge < -0.3 is 0 Å². The molecule has 0 rings (SSSR count). The topological polar surface area (TPSA) is 34.1 Å². The summed E-state index contributed by atoms with van der Waals surface area (Å²) in [6.07, 6.45) is 1.05. The first-order valence-corrected chi connectivity index (χ1v) is 6.74. The standard InChI is InChI=1S/C10H22O2S/c1-6-9(4)10(5)7-13(11,12)8(2)3/h8-10H,6-7H2,1-5H3/t9?,10-/m1/s1. The van der Waals surface area contributed by atoms with Gasteiger partial charge in [-0.1, -0.05) is 27.2 Å². The summed E-state index contributed by atoms with van der Waals surface area (Å²) in [7, 11) is -2.85. The van der Waals surface area contributed by atoms with E-state index in [2.05, 4.69) is 13.8 Å². The summed E-state index contributed by atoms with van der Waals surface area (Å²) in [5, 5.41) is -0.237. The molecule has 0 aromatic rings. The molecule has 0 heterocycles. The molecule has 0 aromatic carbocycles. The largest absolute Gasteiger partial charge is 0.229 e. The van der Waals surface area contributed by atoms with Gasteiger partial charge in [0.05, 0.1) is 11.0 Å². The molecule has 80 valence electrons. The maximum absolute atomic E-state index is 11.6. The maximum Gasteiger partial charge on any atom is 0.152 e. The molecule has 0 spiro atoms. The highest BCUT2D eigenvalue weighted by Gasteiger charge is 2.22. The van der Waals surface area contributed by atoms with Crippen LogP contribution in [0.5, 0.6) is 0 Å². The van der Waals surface area contributed by atoms with E-state index in [0.29, 0.717) is 11.7 Å². The monoisotopic (exact) mass is 206 g/mol. The number of sulfone groups is 1. The van der Waals surface area contributed by atoms with Crippen LogP contribution in [-0.4, -0.2) is 19.4 Å². The van der Waals surface area contributed by atoms with E-state index in [4.69, 9.17) is 0 Å². The molecule has 0 bridgehead atoms. The molecule has 0 saturated carbocycles. The van der Waals surface area contributed by atoms with Gasteiger partial charge in [0.1, 0.15) is 0 Å². The molecule has 13 heavy (non-hydrogen) atoms. The van der Waals surface area contributed by atoms with E-state index in [1.807, 2.05) is 6.92 Å². The van der Waals surface area contributed by atoms with E-state index in [-0.39, 0.29) is 11.2 Å². The van der Waals surface area contributed by atoms with Crippen LogP contribution in [0.3, 0.4) is 0 Å². The Hall–Kier alpha value is -0.0500. The molecule has 1 unspecified atom stereocenters. The van der Waals surface area contributed by atoms with E-state index in [9.17, 15) is 8.42 Å². The molecular formula is C10H22O2S. The van der Waals surface area contributed by atoms with Crippen molar-refractivity contribution < 1.29 is 8.42 Å². The van der Waals surface area contributed by atoms with Crippen LogP contribution in [0.15, 0.2) is 0 Å². The Morgan fingerprint density at radius 1 is 1.00 bits per heavy atom. The lowest BCUT2D eigenvalue weighted by Gasteiger charge is -2.19. The van der Waals surface area contributed by atoms with Gasteiger partial charge in [-0.2, -0.15) is 0 Å². The summed E-state index contributed by atoms with van der Waals surface area (Å²) < 4.78 is 23.1. The van der Waals surface area contributed by atoms with E-state index >= 15 is 0 Å². The van der Waals surface area contributed by atoms with E-state index in [0.717, 1.165) is 6.42 Å². The molecule has 0 aliphatic heterocycles. The first-order valence-electron chi connectivity index (χ1n) is 5.02. The molecule has 2 nitrogen and oxygen atoms in total. The van der Waals surface area contributed by atoms with Gasteiger partial charge in [0, 0.05) is 0 Å². The Kier molecular flexibility index (Phi) is 4.97. The number of hydrogen-bond donors (Lipinski definition) is 0. The molecule has 0 aliphatic carbocycles. The minimum Gasteiger partial charge on any atom is -0.229 e. The molecule has 3 heteroatoms. The summed E-state index contributed by atoms with van der Waals surface area (Å²) in [5.74, 6) is 1.10. The summed E-state index contributed by atoms with van der Waals surface area (Å²) in [4.78, 5) is 0. The maximum atomic E-state index is 11.6. The summed E-state index contributed by atoms with van der Waals surface area (Å²) in [6.45, 7) is 9.73. The lowest BCUT2D eigenvalue weighted by molar-refractivity contribution is 0.405. The highest BCUT2D eigenvalue weighted by Crippen LogP contribution is 2.18. The van der Waals surface area contributed by atoms with Gasteiger partial charge in [-0.3, -0.25) is 0 Å². The molecule has 0 amide bonds. The fraction of sp³-hybridized carbons (Fsp3) is 1.00. The van der Waals surface area contributed by atoms with Gasteiger partial charge in [0.25, 0.3) is 0 Å². The van der Waals surface area contributed by atoms with E-state index in [1.165, 1.54) is 0 Å². The average Bonchev–Trinajstić information content (AvgIpc) is 2.01. The Morgan fingerprint density at radius 3 is 1.77 bits per heavy atom.